The minimum Gasteiger partial charge on any atom is -0.444 e. The molecule has 1 atom stereocenters. The van der Waals surface area contributed by atoms with Gasteiger partial charge in [-0.05, 0) is 41.5 Å². The smallest absolute Gasteiger partial charge is 0.408 e. The van der Waals surface area contributed by atoms with Gasteiger partial charge >= 0.3 is 6.09 Å². The summed E-state index contributed by atoms with van der Waals surface area (Å²) in [7, 11) is 0. The van der Waals surface area contributed by atoms with Gasteiger partial charge in [0.2, 0.25) is 0 Å². The molecule has 0 fully saturated rings. The van der Waals surface area contributed by atoms with Crippen LogP contribution in [0.3, 0.4) is 0 Å². The molecule has 0 aliphatic heterocycles. The Balaban J connectivity index is 4.37. The van der Waals surface area contributed by atoms with Crippen LogP contribution in [0.25, 0.3) is 0 Å². The number of hydrogen-bond donors (Lipinski definition) is 1. The summed E-state index contributed by atoms with van der Waals surface area (Å²) >= 11 is 0. The van der Waals surface area contributed by atoms with Gasteiger partial charge < -0.3 is 19.6 Å². The number of nitrogens with one attached hydrogen (secondary N) is 1. The molecular weight excluding hydrogens is 222 g/mol. The average Bonchev–Trinajstić information content (AvgIpc) is 2.11. The normalized spacial score (nSPS) is 15.2. The highest BCUT2D eigenvalue weighted by molar-refractivity contribution is 5.76. The van der Waals surface area contributed by atoms with E-state index in [1.54, 1.807) is 27.7 Å². The third-order valence-electron chi connectivity index (χ3n) is 1.76. The zero-order chi connectivity index (χ0) is 13.7. The first-order valence-corrected chi connectivity index (χ1v) is 5.67. The molecule has 0 aromatic carbocycles. The Hall–Kier alpha value is -1.10. The molecule has 5 heteroatoms. The van der Waals surface area contributed by atoms with Crippen molar-refractivity contribution < 1.29 is 19.1 Å². The van der Waals surface area contributed by atoms with Gasteiger partial charge in [0.1, 0.15) is 17.4 Å². The van der Waals surface area contributed by atoms with Gasteiger partial charge in [-0.2, -0.15) is 0 Å². The predicted octanol–water partition coefficient (Wildman–Crippen LogP) is 1.89. The molecule has 17 heavy (non-hydrogen) atoms. The van der Waals surface area contributed by atoms with Gasteiger partial charge in [-0.3, -0.25) is 0 Å². The lowest BCUT2D eigenvalue weighted by molar-refractivity contribution is -0.115. The van der Waals surface area contributed by atoms with Gasteiger partial charge in [0.25, 0.3) is 0 Å². The summed E-state index contributed by atoms with van der Waals surface area (Å²) in [6.07, 6.45) is 0.0217. The number of carbonyl (C=O) groups excluding carboxylic acids is 2. The maximum Gasteiger partial charge on any atom is 0.408 e. The summed E-state index contributed by atoms with van der Waals surface area (Å²) in [6, 6.07) is 0. The maximum atomic E-state index is 11.5. The fraction of sp³-hybridized carbons (Fsp3) is 0.833. The highest BCUT2D eigenvalue weighted by atomic mass is 16.6. The van der Waals surface area contributed by atoms with E-state index < -0.39 is 17.2 Å². The molecule has 0 bridgehead atoms. The van der Waals surface area contributed by atoms with E-state index in [2.05, 4.69) is 5.32 Å². The molecule has 1 unspecified atom stereocenters. The van der Waals surface area contributed by atoms with Gasteiger partial charge in [-0.25, -0.2) is 4.79 Å². The van der Waals surface area contributed by atoms with E-state index in [0.717, 1.165) is 0 Å². The minimum atomic E-state index is -1.06. The lowest BCUT2D eigenvalue weighted by Gasteiger charge is -2.27. The SMILES string of the molecule is CC(C)OCC(C)(C=O)NC(=O)OC(C)(C)C. The molecule has 0 aliphatic rings. The monoisotopic (exact) mass is 245 g/mol. The molecule has 0 radical (unpaired) electrons. The molecular formula is C12H23NO4. The number of carbonyl (C=O) groups is 2. The largest absolute Gasteiger partial charge is 0.444 e. The lowest BCUT2D eigenvalue weighted by Crippen LogP contribution is -2.52. The van der Waals surface area contributed by atoms with Crippen molar-refractivity contribution in [1.82, 2.24) is 5.32 Å². The first-order chi connectivity index (χ1) is 7.58. The van der Waals surface area contributed by atoms with Gasteiger partial charge in [-0.15, -0.1) is 0 Å². The summed E-state index contributed by atoms with van der Waals surface area (Å²) in [5.41, 5.74) is -1.65. The molecule has 1 amide bonds. The number of hydrogen-bond acceptors (Lipinski definition) is 4. The second-order valence-corrected chi connectivity index (χ2v) is 5.52. The van der Waals surface area contributed by atoms with E-state index in [9.17, 15) is 9.59 Å². The molecule has 100 valence electrons. The minimum absolute atomic E-state index is 0.00490. The van der Waals surface area contributed by atoms with Crippen LogP contribution in [0.15, 0.2) is 0 Å². The summed E-state index contributed by atoms with van der Waals surface area (Å²) in [4.78, 5) is 22.5. The van der Waals surface area contributed by atoms with Crippen LogP contribution >= 0.6 is 0 Å². The van der Waals surface area contributed by atoms with E-state index in [-0.39, 0.29) is 12.7 Å². The zero-order valence-corrected chi connectivity index (χ0v) is 11.5. The summed E-state index contributed by atoms with van der Waals surface area (Å²) < 4.78 is 10.4. The van der Waals surface area contributed by atoms with Crippen molar-refractivity contribution >= 4 is 12.4 Å². The molecule has 0 saturated heterocycles. The molecule has 0 aliphatic carbocycles. The second-order valence-electron chi connectivity index (χ2n) is 5.52. The summed E-state index contributed by atoms with van der Waals surface area (Å²) in [6.45, 7) is 10.7. The van der Waals surface area contributed by atoms with Crippen LogP contribution < -0.4 is 5.32 Å². The number of ether oxygens (including phenoxy) is 2. The fourth-order valence-corrected chi connectivity index (χ4v) is 0.976. The Morgan fingerprint density at radius 2 is 1.82 bits per heavy atom. The molecule has 1 N–H and O–H groups in total. The standard InChI is InChI=1S/C12H23NO4/c1-9(2)16-8-12(6,7-14)13-10(15)17-11(3,4)5/h7,9H,8H2,1-6H3,(H,13,15). The van der Waals surface area contributed by atoms with Crippen molar-refractivity contribution in [3.63, 3.8) is 0 Å². The van der Waals surface area contributed by atoms with E-state index in [1.807, 2.05) is 13.8 Å². The van der Waals surface area contributed by atoms with Gasteiger partial charge in [-0.1, -0.05) is 0 Å². The van der Waals surface area contributed by atoms with E-state index in [1.165, 1.54) is 0 Å². The molecule has 0 aromatic heterocycles. The Labute approximate surface area is 103 Å². The van der Waals surface area contributed by atoms with Crippen LogP contribution in [0.5, 0.6) is 0 Å². The van der Waals surface area contributed by atoms with Crippen molar-refractivity contribution in [2.24, 2.45) is 0 Å². The van der Waals surface area contributed by atoms with E-state index >= 15 is 0 Å². The third-order valence-corrected chi connectivity index (χ3v) is 1.76. The Morgan fingerprint density at radius 1 is 1.29 bits per heavy atom. The topological polar surface area (TPSA) is 64.6 Å². The highest BCUT2D eigenvalue weighted by Crippen LogP contribution is 2.09. The van der Waals surface area contributed by atoms with Crippen LogP contribution in [-0.4, -0.2) is 36.2 Å². The first-order valence-electron chi connectivity index (χ1n) is 5.67. The van der Waals surface area contributed by atoms with Gasteiger partial charge in [0, 0.05) is 0 Å². The van der Waals surface area contributed by atoms with Crippen LogP contribution in [0.1, 0.15) is 41.5 Å². The van der Waals surface area contributed by atoms with Crippen LogP contribution in [0.2, 0.25) is 0 Å². The van der Waals surface area contributed by atoms with Crippen molar-refractivity contribution in [3.05, 3.63) is 0 Å². The maximum absolute atomic E-state index is 11.5. The average molecular weight is 245 g/mol. The Morgan fingerprint density at radius 3 is 2.18 bits per heavy atom. The number of alkyl carbamates (subject to hydrolysis) is 1. The van der Waals surface area contributed by atoms with Gasteiger partial charge in [0.15, 0.2) is 0 Å². The molecule has 0 spiro atoms. The van der Waals surface area contributed by atoms with Crippen molar-refractivity contribution in [2.45, 2.75) is 58.8 Å². The Bertz CT molecular complexity index is 270. The molecule has 0 saturated carbocycles. The summed E-state index contributed by atoms with van der Waals surface area (Å²) in [5.74, 6) is 0. The predicted molar refractivity (Wildman–Crippen MR) is 64.9 cm³/mol. The second kappa shape index (κ2) is 6.00. The summed E-state index contributed by atoms with van der Waals surface area (Å²) in [5, 5.41) is 2.50. The number of rotatable bonds is 5. The van der Waals surface area contributed by atoms with Crippen LogP contribution in [0.4, 0.5) is 4.79 Å². The molecule has 5 nitrogen and oxygen atoms in total. The van der Waals surface area contributed by atoms with E-state index in [4.69, 9.17) is 9.47 Å². The number of amides is 1. The van der Waals surface area contributed by atoms with Gasteiger partial charge in [0.05, 0.1) is 12.7 Å². The quantitative estimate of drug-likeness (QED) is 0.751. The molecule has 0 heterocycles. The van der Waals surface area contributed by atoms with E-state index in [0.29, 0.717) is 6.29 Å². The van der Waals surface area contributed by atoms with Crippen molar-refractivity contribution in [1.29, 1.82) is 0 Å². The molecule has 0 aromatic rings. The number of aldehydes is 1. The first kappa shape index (κ1) is 15.9. The lowest BCUT2D eigenvalue weighted by atomic mass is 10.1. The highest BCUT2D eigenvalue weighted by Gasteiger charge is 2.29. The van der Waals surface area contributed by atoms with Crippen LogP contribution in [-0.2, 0) is 14.3 Å². The third kappa shape index (κ3) is 7.74. The fourth-order valence-electron chi connectivity index (χ4n) is 0.976. The van der Waals surface area contributed by atoms with Crippen LogP contribution in [0, 0.1) is 0 Å². The van der Waals surface area contributed by atoms with Crippen molar-refractivity contribution in [3.8, 4) is 0 Å². The van der Waals surface area contributed by atoms with Crippen molar-refractivity contribution in [2.75, 3.05) is 6.61 Å². The zero-order valence-electron chi connectivity index (χ0n) is 11.5. The molecule has 0 rings (SSSR count). The Kier molecular flexibility index (Phi) is 5.61.